The Hall–Kier alpha value is -2.33. The van der Waals surface area contributed by atoms with Crippen LogP contribution >= 0.6 is 11.6 Å². The molecule has 0 radical (unpaired) electrons. The van der Waals surface area contributed by atoms with Gasteiger partial charge in [0, 0.05) is 5.02 Å². The molecule has 0 aliphatic carbocycles. The predicted molar refractivity (Wildman–Crippen MR) is 83.4 cm³/mol. The van der Waals surface area contributed by atoms with Crippen molar-refractivity contribution >= 4 is 23.5 Å². The molecule has 0 aromatic heterocycles. The van der Waals surface area contributed by atoms with Crippen LogP contribution in [-0.4, -0.2) is 18.5 Å². The number of carbonyl (C=O) groups excluding carboxylic acids is 2. The predicted octanol–water partition coefficient (Wildman–Crippen LogP) is 4.13. The van der Waals surface area contributed by atoms with E-state index >= 15 is 0 Å². The average Bonchev–Trinajstić information content (AvgIpc) is 2.52. The fourth-order valence-electron chi connectivity index (χ4n) is 1.72. The molecule has 0 saturated carbocycles. The Bertz CT molecular complexity index is 665. The zero-order valence-corrected chi connectivity index (χ0v) is 12.8. The van der Waals surface area contributed by atoms with Gasteiger partial charge in [0.1, 0.15) is 5.75 Å². The molecule has 2 rings (SSSR count). The summed E-state index contributed by atoms with van der Waals surface area (Å²) in [4.78, 5) is 23.7. The number of hydrogen-bond donors (Lipinski definition) is 0. The highest BCUT2D eigenvalue weighted by Gasteiger charge is 2.11. The Morgan fingerprint density at radius 3 is 2.23 bits per heavy atom. The van der Waals surface area contributed by atoms with Crippen molar-refractivity contribution in [3.63, 3.8) is 0 Å². The standard InChI is InChI=1S/C17H15ClO4/c1-2-10-21-16(19)12-6-8-13(9-7-12)17(20)22-15-5-3-4-14(18)11-15/h3-9,11H,2,10H2,1H3. The van der Waals surface area contributed by atoms with E-state index in [1.165, 1.54) is 24.3 Å². The molecule has 0 bridgehead atoms. The van der Waals surface area contributed by atoms with Crippen LogP contribution in [0.2, 0.25) is 5.02 Å². The minimum absolute atomic E-state index is 0.340. The van der Waals surface area contributed by atoms with E-state index in [1.54, 1.807) is 24.3 Å². The van der Waals surface area contributed by atoms with Gasteiger partial charge in [0.15, 0.2) is 0 Å². The van der Waals surface area contributed by atoms with E-state index in [0.29, 0.717) is 28.5 Å². The summed E-state index contributed by atoms with van der Waals surface area (Å²) in [5.41, 5.74) is 0.736. The van der Waals surface area contributed by atoms with Crippen LogP contribution in [0, 0.1) is 0 Å². The highest BCUT2D eigenvalue weighted by Crippen LogP contribution is 2.18. The third-order valence-electron chi connectivity index (χ3n) is 2.80. The van der Waals surface area contributed by atoms with E-state index in [-0.39, 0.29) is 0 Å². The van der Waals surface area contributed by atoms with Crippen LogP contribution in [0.25, 0.3) is 0 Å². The molecule has 0 aliphatic heterocycles. The van der Waals surface area contributed by atoms with Crippen LogP contribution in [0.1, 0.15) is 34.1 Å². The van der Waals surface area contributed by atoms with E-state index in [4.69, 9.17) is 21.1 Å². The van der Waals surface area contributed by atoms with E-state index < -0.39 is 11.9 Å². The Balaban J connectivity index is 2.03. The molecular formula is C17H15ClO4. The number of rotatable bonds is 5. The van der Waals surface area contributed by atoms with Gasteiger partial charge in [-0.05, 0) is 48.9 Å². The van der Waals surface area contributed by atoms with Gasteiger partial charge in [0.25, 0.3) is 0 Å². The van der Waals surface area contributed by atoms with Crippen LogP contribution in [0.5, 0.6) is 5.75 Å². The van der Waals surface area contributed by atoms with Crippen molar-refractivity contribution in [2.45, 2.75) is 13.3 Å². The largest absolute Gasteiger partial charge is 0.462 e. The molecule has 4 nitrogen and oxygen atoms in total. The normalized spacial score (nSPS) is 10.1. The highest BCUT2D eigenvalue weighted by atomic mass is 35.5. The van der Waals surface area contributed by atoms with Crippen molar-refractivity contribution in [1.29, 1.82) is 0 Å². The summed E-state index contributed by atoms with van der Waals surface area (Å²) in [5, 5.41) is 0.485. The molecule has 0 saturated heterocycles. The molecule has 114 valence electrons. The summed E-state index contributed by atoms with van der Waals surface area (Å²) in [6, 6.07) is 12.7. The third kappa shape index (κ3) is 4.33. The summed E-state index contributed by atoms with van der Waals surface area (Å²) in [6.45, 7) is 2.29. The van der Waals surface area contributed by atoms with Gasteiger partial charge in [0.2, 0.25) is 0 Å². The molecule has 0 amide bonds. The number of ether oxygens (including phenoxy) is 2. The first-order valence-corrected chi connectivity index (χ1v) is 7.23. The summed E-state index contributed by atoms with van der Waals surface area (Å²) in [6.07, 6.45) is 0.760. The average molecular weight is 319 g/mol. The van der Waals surface area contributed by atoms with E-state index in [0.717, 1.165) is 6.42 Å². The van der Waals surface area contributed by atoms with Crippen molar-refractivity contribution in [3.8, 4) is 5.75 Å². The van der Waals surface area contributed by atoms with Crippen LogP contribution in [0.15, 0.2) is 48.5 Å². The minimum atomic E-state index is -0.518. The van der Waals surface area contributed by atoms with E-state index in [1.807, 2.05) is 6.92 Å². The lowest BCUT2D eigenvalue weighted by Gasteiger charge is -2.06. The van der Waals surface area contributed by atoms with Crippen LogP contribution < -0.4 is 4.74 Å². The molecule has 2 aromatic rings. The Morgan fingerprint density at radius 1 is 1.00 bits per heavy atom. The number of esters is 2. The Labute approximate surface area is 133 Å². The molecule has 0 spiro atoms. The molecule has 0 aliphatic rings. The Morgan fingerprint density at radius 2 is 1.64 bits per heavy atom. The molecular weight excluding hydrogens is 304 g/mol. The minimum Gasteiger partial charge on any atom is -0.462 e. The lowest BCUT2D eigenvalue weighted by Crippen LogP contribution is -2.10. The maximum atomic E-state index is 12.0. The molecule has 22 heavy (non-hydrogen) atoms. The monoisotopic (exact) mass is 318 g/mol. The van der Waals surface area contributed by atoms with Gasteiger partial charge in [-0.15, -0.1) is 0 Å². The van der Waals surface area contributed by atoms with Crippen molar-refractivity contribution in [1.82, 2.24) is 0 Å². The van der Waals surface area contributed by atoms with Gasteiger partial charge in [-0.3, -0.25) is 0 Å². The topological polar surface area (TPSA) is 52.6 Å². The fourth-order valence-corrected chi connectivity index (χ4v) is 1.90. The van der Waals surface area contributed by atoms with Crippen LogP contribution in [0.3, 0.4) is 0 Å². The summed E-state index contributed by atoms with van der Waals surface area (Å²) < 4.78 is 10.2. The second-order valence-corrected chi connectivity index (χ2v) is 5.00. The molecule has 5 heteroatoms. The smallest absolute Gasteiger partial charge is 0.343 e. The van der Waals surface area contributed by atoms with Gasteiger partial charge >= 0.3 is 11.9 Å². The molecule has 0 atom stereocenters. The second-order valence-electron chi connectivity index (χ2n) is 4.56. The zero-order valence-electron chi connectivity index (χ0n) is 12.0. The molecule has 0 unspecified atom stereocenters. The quantitative estimate of drug-likeness (QED) is 0.614. The number of carbonyl (C=O) groups is 2. The number of hydrogen-bond acceptors (Lipinski definition) is 4. The van der Waals surface area contributed by atoms with Gasteiger partial charge in [-0.1, -0.05) is 24.6 Å². The first-order valence-electron chi connectivity index (χ1n) is 6.85. The summed E-state index contributed by atoms with van der Waals surface area (Å²) in [5.74, 6) is -0.559. The van der Waals surface area contributed by atoms with E-state index in [9.17, 15) is 9.59 Å². The molecule has 2 aromatic carbocycles. The zero-order chi connectivity index (χ0) is 15.9. The van der Waals surface area contributed by atoms with Gasteiger partial charge < -0.3 is 9.47 Å². The molecule has 0 heterocycles. The first kappa shape index (κ1) is 16.0. The second kappa shape index (κ2) is 7.61. The van der Waals surface area contributed by atoms with Crippen molar-refractivity contribution in [3.05, 3.63) is 64.7 Å². The number of benzene rings is 2. The van der Waals surface area contributed by atoms with Gasteiger partial charge in [-0.25, -0.2) is 9.59 Å². The van der Waals surface area contributed by atoms with Crippen molar-refractivity contribution in [2.75, 3.05) is 6.61 Å². The maximum Gasteiger partial charge on any atom is 0.343 e. The van der Waals surface area contributed by atoms with Crippen molar-refractivity contribution < 1.29 is 19.1 Å². The lowest BCUT2D eigenvalue weighted by molar-refractivity contribution is 0.0504. The maximum absolute atomic E-state index is 12.0. The highest BCUT2D eigenvalue weighted by molar-refractivity contribution is 6.30. The fraction of sp³-hybridized carbons (Fsp3) is 0.176. The van der Waals surface area contributed by atoms with Gasteiger partial charge in [-0.2, -0.15) is 0 Å². The number of halogens is 1. The third-order valence-corrected chi connectivity index (χ3v) is 3.04. The SMILES string of the molecule is CCCOC(=O)c1ccc(C(=O)Oc2cccc(Cl)c2)cc1. The van der Waals surface area contributed by atoms with Crippen molar-refractivity contribution in [2.24, 2.45) is 0 Å². The van der Waals surface area contributed by atoms with Crippen LogP contribution in [0.4, 0.5) is 0 Å². The molecule has 0 fully saturated rings. The summed E-state index contributed by atoms with van der Waals surface area (Å²) >= 11 is 5.83. The van der Waals surface area contributed by atoms with Gasteiger partial charge in [0.05, 0.1) is 17.7 Å². The first-order chi connectivity index (χ1) is 10.6. The summed E-state index contributed by atoms with van der Waals surface area (Å²) in [7, 11) is 0. The van der Waals surface area contributed by atoms with Crippen LogP contribution in [-0.2, 0) is 4.74 Å². The van der Waals surface area contributed by atoms with E-state index in [2.05, 4.69) is 0 Å². The Kier molecular flexibility index (Phi) is 5.55. The lowest BCUT2D eigenvalue weighted by atomic mass is 10.1. The molecule has 0 N–H and O–H groups in total.